The number of halogens is 1. The molecule has 0 amide bonds. The summed E-state index contributed by atoms with van der Waals surface area (Å²) in [5, 5.41) is 0.958. The summed E-state index contributed by atoms with van der Waals surface area (Å²) >= 11 is 2.60. The van der Waals surface area contributed by atoms with Crippen LogP contribution in [0.5, 0.6) is 0 Å². The predicted molar refractivity (Wildman–Crippen MR) is 105 cm³/mol. The Morgan fingerprint density at radius 1 is 1.30 bits per heavy atom. The van der Waals surface area contributed by atoms with E-state index < -0.39 is 12.1 Å². The van der Waals surface area contributed by atoms with E-state index in [9.17, 15) is 14.0 Å². The van der Waals surface area contributed by atoms with Crippen LogP contribution in [-0.2, 0) is 4.74 Å². The quantitative estimate of drug-likeness (QED) is 0.496. The molecule has 0 bridgehead atoms. The highest BCUT2D eigenvalue weighted by molar-refractivity contribution is 7.20. The van der Waals surface area contributed by atoms with Crippen LogP contribution >= 0.6 is 22.7 Å². The van der Waals surface area contributed by atoms with Crippen molar-refractivity contribution in [3.8, 4) is 0 Å². The zero-order valence-electron chi connectivity index (χ0n) is 14.8. The van der Waals surface area contributed by atoms with Gasteiger partial charge in [-0.3, -0.25) is 4.79 Å². The van der Waals surface area contributed by atoms with E-state index in [0.29, 0.717) is 25.2 Å². The number of rotatable bonds is 3. The van der Waals surface area contributed by atoms with Crippen molar-refractivity contribution >= 4 is 48.9 Å². The van der Waals surface area contributed by atoms with Crippen LogP contribution in [0.25, 0.3) is 20.3 Å². The molecule has 4 rings (SSSR count). The molecule has 0 saturated heterocycles. The number of aromatic nitrogens is 2. The summed E-state index contributed by atoms with van der Waals surface area (Å²) in [7, 11) is 0. The van der Waals surface area contributed by atoms with Crippen LogP contribution in [0.3, 0.4) is 0 Å². The number of aromatic amines is 1. The molecule has 1 aromatic carbocycles. The van der Waals surface area contributed by atoms with E-state index >= 15 is 0 Å². The highest BCUT2D eigenvalue weighted by Crippen LogP contribution is 2.30. The standard InChI is InChI=1S/C19H15FN2O3S2/c1-8-10(3)26-18-15(8)17(23)21-16(22-18)9(2)25-19(24)14-7-11-12(20)5-4-6-13(11)27-14/h4-7,9H,1-3H3,(H,21,22,23)/t9-/m1/s1. The number of ether oxygens (including phenoxy) is 1. The Morgan fingerprint density at radius 2 is 2.07 bits per heavy atom. The molecule has 0 saturated carbocycles. The van der Waals surface area contributed by atoms with Gasteiger partial charge in [-0.2, -0.15) is 0 Å². The molecule has 0 spiro atoms. The number of benzene rings is 1. The first-order chi connectivity index (χ1) is 12.8. The molecular formula is C19H15FN2O3S2. The van der Waals surface area contributed by atoms with Crippen LogP contribution in [0.15, 0.2) is 29.1 Å². The van der Waals surface area contributed by atoms with Crippen molar-refractivity contribution in [3.05, 3.63) is 61.6 Å². The van der Waals surface area contributed by atoms with Crippen molar-refractivity contribution in [2.24, 2.45) is 0 Å². The van der Waals surface area contributed by atoms with E-state index in [1.165, 1.54) is 23.5 Å². The van der Waals surface area contributed by atoms with Gasteiger partial charge >= 0.3 is 5.97 Å². The van der Waals surface area contributed by atoms with Crippen LogP contribution in [-0.4, -0.2) is 15.9 Å². The number of H-pyrrole nitrogens is 1. The molecule has 0 aliphatic carbocycles. The lowest BCUT2D eigenvalue weighted by Gasteiger charge is -2.11. The number of hydrogen-bond donors (Lipinski definition) is 1. The van der Waals surface area contributed by atoms with Gasteiger partial charge in [-0.1, -0.05) is 6.07 Å². The van der Waals surface area contributed by atoms with E-state index in [1.807, 2.05) is 13.8 Å². The number of fused-ring (bicyclic) bond motifs is 2. The molecule has 5 nitrogen and oxygen atoms in total. The van der Waals surface area contributed by atoms with E-state index in [2.05, 4.69) is 9.97 Å². The summed E-state index contributed by atoms with van der Waals surface area (Å²) in [6, 6.07) is 6.18. The Kier molecular flexibility index (Phi) is 4.32. The van der Waals surface area contributed by atoms with Gasteiger partial charge < -0.3 is 9.72 Å². The molecule has 0 aliphatic heterocycles. The first-order valence-electron chi connectivity index (χ1n) is 8.24. The second kappa shape index (κ2) is 6.54. The molecule has 27 heavy (non-hydrogen) atoms. The highest BCUT2D eigenvalue weighted by atomic mass is 32.1. The minimum Gasteiger partial charge on any atom is -0.450 e. The summed E-state index contributed by atoms with van der Waals surface area (Å²) in [5.41, 5.74) is 0.663. The number of nitrogens with zero attached hydrogens (tertiary/aromatic N) is 1. The average molecular weight is 402 g/mol. The molecule has 1 N–H and O–H groups in total. The van der Waals surface area contributed by atoms with Crippen LogP contribution in [0.1, 0.15) is 39.0 Å². The molecule has 138 valence electrons. The van der Waals surface area contributed by atoms with Gasteiger partial charge in [-0.25, -0.2) is 14.2 Å². The van der Waals surface area contributed by atoms with Gasteiger partial charge in [-0.05, 0) is 44.5 Å². The van der Waals surface area contributed by atoms with Gasteiger partial charge in [0, 0.05) is 15.0 Å². The predicted octanol–water partition coefficient (Wildman–Crippen LogP) is 4.87. The molecule has 8 heteroatoms. The van der Waals surface area contributed by atoms with E-state index in [1.54, 1.807) is 19.1 Å². The topological polar surface area (TPSA) is 72.0 Å². The average Bonchev–Trinajstić information content (AvgIpc) is 3.18. The summed E-state index contributed by atoms with van der Waals surface area (Å²) in [5.74, 6) is -0.672. The maximum Gasteiger partial charge on any atom is 0.349 e. The third kappa shape index (κ3) is 3.04. The van der Waals surface area contributed by atoms with Crippen molar-refractivity contribution in [1.29, 1.82) is 0 Å². The molecule has 3 aromatic heterocycles. The van der Waals surface area contributed by atoms with Crippen molar-refractivity contribution in [3.63, 3.8) is 0 Å². The Balaban J connectivity index is 1.64. The SMILES string of the molecule is Cc1sc2nc([C@@H](C)OC(=O)c3cc4c(F)cccc4s3)[nH]c(=O)c2c1C. The van der Waals surface area contributed by atoms with Crippen molar-refractivity contribution < 1.29 is 13.9 Å². The summed E-state index contributed by atoms with van der Waals surface area (Å²) < 4.78 is 20.0. The first kappa shape index (κ1) is 17.8. The lowest BCUT2D eigenvalue weighted by atomic mass is 10.2. The summed E-state index contributed by atoms with van der Waals surface area (Å²) in [6.45, 7) is 5.46. The van der Waals surface area contributed by atoms with Crippen LogP contribution < -0.4 is 5.56 Å². The van der Waals surface area contributed by atoms with Crippen molar-refractivity contribution in [2.45, 2.75) is 26.9 Å². The molecule has 3 heterocycles. The number of esters is 1. The normalized spacial score (nSPS) is 12.6. The molecule has 4 aromatic rings. The van der Waals surface area contributed by atoms with Crippen LogP contribution in [0.4, 0.5) is 4.39 Å². The molecule has 0 radical (unpaired) electrons. The number of thiophene rings is 2. The smallest absolute Gasteiger partial charge is 0.349 e. The maximum atomic E-state index is 13.8. The number of hydrogen-bond acceptors (Lipinski definition) is 6. The number of carbonyl (C=O) groups excluding carboxylic acids is 1. The minimum absolute atomic E-state index is 0.247. The Morgan fingerprint density at radius 3 is 2.81 bits per heavy atom. The molecule has 0 aliphatic rings. The van der Waals surface area contributed by atoms with Crippen molar-refractivity contribution in [2.75, 3.05) is 0 Å². The monoisotopic (exact) mass is 402 g/mol. The fourth-order valence-corrected chi connectivity index (χ4v) is 4.86. The zero-order chi connectivity index (χ0) is 19.3. The third-order valence-corrected chi connectivity index (χ3v) is 6.62. The fraction of sp³-hybridized carbons (Fsp3) is 0.211. The van der Waals surface area contributed by atoms with E-state index in [4.69, 9.17) is 4.74 Å². The zero-order valence-corrected chi connectivity index (χ0v) is 16.4. The van der Waals surface area contributed by atoms with Gasteiger partial charge in [0.25, 0.3) is 5.56 Å². The highest BCUT2D eigenvalue weighted by Gasteiger charge is 2.20. The molecular weight excluding hydrogens is 387 g/mol. The van der Waals surface area contributed by atoms with Gasteiger partial charge in [0.15, 0.2) is 11.9 Å². The Labute approximate surface area is 161 Å². The summed E-state index contributed by atoms with van der Waals surface area (Å²) in [4.78, 5) is 33.9. The van der Waals surface area contributed by atoms with Crippen LogP contribution in [0.2, 0.25) is 0 Å². The number of carbonyl (C=O) groups is 1. The lowest BCUT2D eigenvalue weighted by Crippen LogP contribution is -2.16. The van der Waals surface area contributed by atoms with Gasteiger partial charge in [0.2, 0.25) is 0 Å². The van der Waals surface area contributed by atoms with Crippen LogP contribution in [0, 0.1) is 19.7 Å². The van der Waals surface area contributed by atoms with Crippen molar-refractivity contribution in [1.82, 2.24) is 9.97 Å². The molecule has 0 fully saturated rings. The second-order valence-electron chi connectivity index (χ2n) is 6.22. The Bertz CT molecular complexity index is 1260. The second-order valence-corrected chi connectivity index (χ2v) is 8.51. The lowest BCUT2D eigenvalue weighted by molar-refractivity contribution is 0.0326. The first-order valence-corrected chi connectivity index (χ1v) is 9.87. The number of nitrogens with one attached hydrogen (secondary N) is 1. The Hall–Kier alpha value is -2.58. The largest absolute Gasteiger partial charge is 0.450 e. The van der Waals surface area contributed by atoms with Gasteiger partial charge in [0.05, 0.1) is 5.39 Å². The number of aryl methyl sites for hydroxylation is 2. The summed E-state index contributed by atoms with van der Waals surface area (Å²) in [6.07, 6.45) is -0.743. The third-order valence-electron chi connectivity index (χ3n) is 4.44. The fourth-order valence-electron chi connectivity index (χ4n) is 2.86. The molecule has 1 atom stereocenters. The molecule has 0 unspecified atom stereocenters. The van der Waals surface area contributed by atoms with E-state index in [0.717, 1.165) is 21.8 Å². The van der Waals surface area contributed by atoms with Gasteiger partial charge in [-0.15, -0.1) is 22.7 Å². The minimum atomic E-state index is -0.743. The van der Waals surface area contributed by atoms with Gasteiger partial charge in [0.1, 0.15) is 15.5 Å². The van der Waals surface area contributed by atoms with E-state index in [-0.39, 0.29) is 17.2 Å². The maximum absolute atomic E-state index is 13.8.